The molecule has 3 heteroatoms. The van der Waals surface area contributed by atoms with E-state index >= 15 is 0 Å². The van der Waals surface area contributed by atoms with Crippen LogP contribution >= 0.6 is 0 Å². The maximum atomic E-state index is 5.93. The molecular weight excluding hydrogens is 210 g/mol. The van der Waals surface area contributed by atoms with Crippen molar-refractivity contribution < 1.29 is 0 Å². The van der Waals surface area contributed by atoms with Crippen molar-refractivity contribution >= 4 is 0 Å². The summed E-state index contributed by atoms with van der Waals surface area (Å²) in [5.74, 6) is 0.768. The van der Waals surface area contributed by atoms with E-state index in [9.17, 15) is 0 Å². The molecule has 1 aliphatic rings. The van der Waals surface area contributed by atoms with Gasteiger partial charge in [0.1, 0.15) is 0 Å². The lowest BCUT2D eigenvalue weighted by atomic mass is 9.91. The van der Waals surface area contributed by atoms with Crippen LogP contribution in [0.4, 0.5) is 0 Å². The van der Waals surface area contributed by atoms with Gasteiger partial charge in [-0.05, 0) is 52.1 Å². The molecule has 1 atom stereocenters. The van der Waals surface area contributed by atoms with Crippen LogP contribution in [0.3, 0.4) is 0 Å². The zero-order valence-electron chi connectivity index (χ0n) is 12.1. The van der Waals surface area contributed by atoms with Gasteiger partial charge in [0, 0.05) is 24.7 Å². The molecule has 1 aliphatic carbocycles. The molecule has 0 radical (unpaired) electrons. The van der Waals surface area contributed by atoms with E-state index in [1.54, 1.807) is 0 Å². The van der Waals surface area contributed by atoms with Crippen LogP contribution in [0.25, 0.3) is 0 Å². The average Bonchev–Trinajstić information content (AvgIpc) is 2.25. The van der Waals surface area contributed by atoms with E-state index in [4.69, 9.17) is 5.73 Å². The fourth-order valence-electron chi connectivity index (χ4n) is 2.65. The zero-order chi connectivity index (χ0) is 12.8. The molecule has 0 heterocycles. The summed E-state index contributed by atoms with van der Waals surface area (Å²) in [6, 6.07) is 1.81. The SMILES string of the molecule is CC(C)CC(CNC1CCC(N)CC1)N(C)C. The summed E-state index contributed by atoms with van der Waals surface area (Å²) in [5, 5.41) is 3.73. The second-order valence-corrected chi connectivity index (χ2v) is 6.27. The summed E-state index contributed by atoms with van der Waals surface area (Å²) in [6.07, 6.45) is 6.15. The highest BCUT2D eigenvalue weighted by molar-refractivity contribution is 4.81. The third-order valence-electron chi connectivity index (χ3n) is 3.89. The largest absolute Gasteiger partial charge is 0.328 e. The molecule has 0 aromatic carbocycles. The van der Waals surface area contributed by atoms with Crippen LogP contribution < -0.4 is 11.1 Å². The molecule has 0 spiro atoms. The van der Waals surface area contributed by atoms with Crippen molar-refractivity contribution in [1.29, 1.82) is 0 Å². The van der Waals surface area contributed by atoms with Crippen LogP contribution in [-0.2, 0) is 0 Å². The fourth-order valence-corrected chi connectivity index (χ4v) is 2.65. The van der Waals surface area contributed by atoms with E-state index in [1.165, 1.54) is 32.1 Å². The predicted molar refractivity (Wildman–Crippen MR) is 75.2 cm³/mol. The van der Waals surface area contributed by atoms with E-state index in [1.807, 2.05) is 0 Å². The van der Waals surface area contributed by atoms with Crippen LogP contribution in [0, 0.1) is 5.92 Å². The topological polar surface area (TPSA) is 41.3 Å². The highest BCUT2D eigenvalue weighted by atomic mass is 15.1. The van der Waals surface area contributed by atoms with Gasteiger partial charge in [0.25, 0.3) is 0 Å². The molecule has 3 N–H and O–H groups in total. The van der Waals surface area contributed by atoms with Crippen LogP contribution in [-0.4, -0.2) is 43.7 Å². The second-order valence-electron chi connectivity index (χ2n) is 6.27. The Morgan fingerprint density at radius 2 is 1.76 bits per heavy atom. The molecule has 0 aliphatic heterocycles. The fraction of sp³-hybridized carbons (Fsp3) is 1.00. The molecule has 1 saturated carbocycles. The third-order valence-corrected chi connectivity index (χ3v) is 3.89. The minimum atomic E-state index is 0.452. The molecule has 0 bridgehead atoms. The van der Waals surface area contributed by atoms with Gasteiger partial charge in [0.05, 0.1) is 0 Å². The molecule has 17 heavy (non-hydrogen) atoms. The summed E-state index contributed by atoms with van der Waals surface area (Å²) in [6.45, 7) is 5.72. The molecular formula is C14H31N3. The van der Waals surface area contributed by atoms with Crippen molar-refractivity contribution in [2.45, 2.75) is 64.1 Å². The highest BCUT2D eigenvalue weighted by Gasteiger charge is 2.20. The van der Waals surface area contributed by atoms with Crippen LogP contribution in [0.5, 0.6) is 0 Å². The Kier molecular flexibility index (Phi) is 6.45. The van der Waals surface area contributed by atoms with Gasteiger partial charge in [-0.3, -0.25) is 0 Å². The lowest BCUT2D eigenvalue weighted by Gasteiger charge is -2.31. The lowest BCUT2D eigenvalue weighted by molar-refractivity contribution is 0.229. The molecule has 102 valence electrons. The zero-order valence-corrected chi connectivity index (χ0v) is 12.1. The van der Waals surface area contributed by atoms with E-state index < -0.39 is 0 Å². The summed E-state index contributed by atoms with van der Waals surface area (Å²) >= 11 is 0. The first-order valence-corrected chi connectivity index (χ1v) is 7.14. The Hall–Kier alpha value is -0.120. The highest BCUT2D eigenvalue weighted by Crippen LogP contribution is 2.17. The Morgan fingerprint density at radius 3 is 2.24 bits per heavy atom. The number of hydrogen-bond donors (Lipinski definition) is 2. The second kappa shape index (κ2) is 7.34. The molecule has 0 aromatic heterocycles. The molecule has 1 rings (SSSR count). The normalized spacial score (nSPS) is 27.7. The summed E-state index contributed by atoms with van der Waals surface area (Å²) < 4.78 is 0. The number of nitrogens with zero attached hydrogens (tertiary/aromatic N) is 1. The van der Waals surface area contributed by atoms with Gasteiger partial charge in [-0.15, -0.1) is 0 Å². The Morgan fingerprint density at radius 1 is 1.18 bits per heavy atom. The Bertz CT molecular complexity index is 196. The first kappa shape index (κ1) is 14.9. The predicted octanol–water partition coefficient (Wildman–Crippen LogP) is 1.82. The van der Waals surface area contributed by atoms with Gasteiger partial charge >= 0.3 is 0 Å². The smallest absolute Gasteiger partial charge is 0.0217 e. The van der Waals surface area contributed by atoms with Crippen LogP contribution in [0.1, 0.15) is 46.0 Å². The Balaban J connectivity index is 2.26. The van der Waals surface area contributed by atoms with Crippen LogP contribution in [0.2, 0.25) is 0 Å². The molecule has 3 nitrogen and oxygen atoms in total. The molecule has 1 unspecified atom stereocenters. The van der Waals surface area contributed by atoms with Crippen molar-refractivity contribution in [3.63, 3.8) is 0 Å². The van der Waals surface area contributed by atoms with E-state index in [2.05, 4.69) is 38.2 Å². The van der Waals surface area contributed by atoms with Gasteiger partial charge in [-0.2, -0.15) is 0 Å². The van der Waals surface area contributed by atoms with Crippen molar-refractivity contribution in [3.8, 4) is 0 Å². The van der Waals surface area contributed by atoms with Crippen molar-refractivity contribution in [1.82, 2.24) is 10.2 Å². The molecule has 0 aromatic rings. The maximum absolute atomic E-state index is 5.93. The van der Waals surface area contributed by atoms with Crippen LogP contribution in [0.15, 0.2) is 0 Å². The maximum Gasteiger partial charge on any atom is 0.0217 e. The summed E-state index contributed by atoms with van der Waals surface area (Å²) in [5.41, 5.74) is 5.93. The number of nitrogens with one attached hydrogen (secondary N) is 1. The van der Waals surface area contributed by atoms with Gasteiger partial charge in [-0.25, -0.2) is 0 Å². The van der Waals surface area contributed by atoms with Gasteiger partial charge in [-0.1, -0.05) is 13.8 Å². The van der Waals surface area contributed by atoms with E-state index in [-0.39, 0.29) is 0 Å². The molecule has 1 fully saturated rings. The standard InChI is InChI=1S/C14H31N3/c1-11(2)9-14(17(3)4)10-16-13-7-5-12(15)6-8-13/h11-14,16H,5-10,15H2,1-4H3. The molecule has 0 amide bonds. The van der Waals surface area contributed by atoms with Gasteiger partial charge < -0.3 is 16.0 Å². The monoisotopic (exact) mass is 241 g/mol. The lowest BCUT2D eigenvalue weighted by Crippen LogP contribution is -2.44. The first-order valence-electron chi connectivity index (χ1n) is 7.14. The van der Waals surface area contributed by atoms with Gasteiger partial charge in [0.2, 0.25) is 0 Å². The van der Waals surface area contributed by atoms with E-state index in [0.29, 0.717) is 18.1 Å². The molecule has 0 saturated heterocycles. The minimum Gasteiger partial charge on any atom is -0.328 e. The number of likely N-dealkylation sites (N-methyl/N-ethyl adjacent to an activating group) is 1. The minimum absolute atomic E-state index is 0.452. The van der Waals surface area contributed by atoms with Crippen molar-refractivity contribution in [2.24, 2.45) is 11.7 Å². The van der Waals surface area contributed by atoms with Gasteiger partial charge in [0.15, 0.2) is 0 Å². The Labute approximate surface area is 107 Å². The van der Waals surface area contributed by atoms with E-state index in [0.717, 1.165) is 12.5 Å². The number of rotatable bonds is 6. The number of hydrogen-bond acceptors (Lipinski definition) is 3. The van der Waals surface area contributed by atoms with Crippen molar-refractivity contribution in [2.75, 3.05) is 20.6 Å². The third kappa shape index (κ3) is 5.84. The summed E-state index contributed by atoms with van der Waals surface area (Å²) in [7, 11) is 4.37. The number of nitrogens with two attached hydrogens (primary N) is 1. The quantitative estimate of drug-likeness (QED) is 0.745. The first-order chi connectivity index (χ1) is 7.99. The summed E-state index contributed by atoms with van der Waals surface area (Å²) in [4.78, 5) is 2.35. The van der Waals surface area contributed by atoms with Crippen molar-refractivity contribution in [3.05, 3.63) is 0 Å². The average molecular weight is 241 g/mol.